The van der Waals surface area contributed by atoms with Crippen molar-refractivity contribution in [3.05, 3.63) is 51.3 Å². The zero-order valence-corrected chi connectivity index (χ0v) is 15.0. The molecule has 4 rings (SSSR count). The lowest BCUT2D eigenvalue weighted by Crippen LogP contribution is -2.33. The Hall–Kier alpha value is -2.81. The van der Waals surface area contributed by atoms with Gasteiger partial charge >= 0.3 is 0 Å². The van der Waals surface area contributed by atoms with Gasteiger partial charge in [0.2, 0.25) is 5.89 Å². The second-order valence-corrected chi connectivity index (χ2v) is 7.20. The molecule has 0 atom stereocenters. The van der Waals surface area contributed by atoms with Crippen molar-refractivity contribution in [3.8, 4) is 10.7 Å². The van der Waals surface area contributed by atoms with Gasteiger partial charge in [-0.1, -0.05) is 11.2 Å². The molecule has 8 nitrogen and oxygen atoms in total. The Bertz CT molecular complexity index is 974. The van der Waals surface area contributed by atoms with Crippen molar-refractivity contribution in [1.82, 2.24) is 25.0 Å². The number of rotatable bonds is 6. The Morgan fingerprint density at radius 3 is 3.00 bits per heavy atom. The van der Waals surface area contributed by atoms with Crippen molar-refractivity contribution in [2.75, 3.05) is 13.6 Å². The van der Waals surface area contributed by atoms with E-state index in [1.54, 1.807) is 7.05 Å². The first-order valence-electron chi connectivity index (χ1n) is 8.33. The van der Waals surface area contributed by atoms with Crippen molar-refractivity contribution in [3.63, 3.8) is 0 Å². The Morgan fingerprint density at radius 2 is 2.31 bits per heavy atom. The Kier molecular flexibility index (Phi) is 4.37. The van der Waals surface area contributed by atoms with Crippen molar-refractivity contribution >= 4 is 17.2 Å². The molecule has 134 valence electrons. The fourth-order valence-electron chi connectivity index (χ4n) is 2.53. The minimum Gasteiger partial charge on any atom is -0.341 e. The second-order valence-electron chi connectivity index (χ2n) is 6.25. The number of thiophene rings is 1. The maximum absolute atomic E-state index is 12.5. The molecule has 0 radical (unpaired) electrons. The Labute approximate surface area is 152 Å². The zero-order chi connectivity index (χ0) is 18.1. The van der Waals surface area contributed by atoms with Gasteiger partial charge in [0.1, 0.15) is 11.4 Å². The lowest BCUT2D eigenvalue weighted by molar-refractivity contribution is 0.0793. The minimum absolute atomic E-state index is 0.0135. The van der Waals surface area contributed by atoms with E-state index in [1.165, 1.54) is 22.4 Å². The number of carbonyl (C=O) groups is 1. The highest BCUT2D eigenvalue weighted by Gasteiger charge is 2.29. The highest BCUT2D eigenvalue weighted by atomic mass is 32.1. The van der Waals surface area contributed by atoms with Crippen LogP contribution in [0.2, 0.25) is 0 Å². The number of aromatic nitrogens is 4. The number of hydrogen-bond acceptors (Lipinski definition) is 7. The van der Waals surface area contributed by atoms with E-state index in [0.717, 1.165) is 17.7 Å². The summed E-state index contributed by atoms with van der Waals surface area (Å²) in [6, 6.07) is 3.73. The molecule has 3 aromatic rings. The summed E-state index contributed by atoms with van der Waals surface area (Å²) in [4.78, 5) is 38.3. The summed E-state index contributed by atoms with van der Waals surface area (Å²) < 4.78 is 5.21. The number of likely N-dealkylation sites (N-methyl/N-ethyl adjacent to an activating group) is 1. The highest BCUT2D eigenvalue weighted by molar-refractivity contribution is 7.13. The summed E-state index contributed by atoms with van der Waals surface area (Å²) >= 11 is 1.47. The lowest BCUT2D eigenvalue weighted by Gasteiger charge is -2.15. The summed E-state index contributed by atoms with van der Waals surface area (Å²) in [6.45, 7) is 0.384. The van der Waals surface area contributed by atoms with Gasteiger partial charge in [-0.3, -0.25) is 9.59 Å². The average Bonchev–Trinajstić information content (AvgIpc) is 3.15. The van der Waals surface area contributed by atoms with Gasteiger partial charge in [0, 0.05) is 32.1 Å². The van der Waals surface area contributed by atoms with Gasteiger partial charge in [-0.05, 0) is 24.3 Å². The fraction of sp³-hybridized carbons (Fsp3) is 0.353. The molecular weight excluding hydrogens is 354 g/mol. The third-order valence-corrected chi connectivity index (χ3v) is 5.09. The maximum atomic E-state index is 12.5. The van der Waals surface area contributed by atoms with Crippen LogP contribution in [0.4, 0.5) is 0 Å². The molecule has 1 N–H and O–H groups in total. The van der Waals surface area contributed by atoms with Crippen LogP contribution < -0.4 is 5.56 Å². The SMILES string of the molecule is CN(CCc1noc(C2CC2)n1)C(=O)c1cnc(-c2cccs2)[nH]c1=O. The quantitative estimate of drug-likeness (QED) is 0.711. The van der Waals surface area contributed by atoms with Crippen LogP contribution in [-0.4, -0.2) is 44.5 Å². The standard InChI is InChI=1S/C17H17N5O3S/c1-22(7-6-13-19-16(25-21-13)10-4-5-10)17(24)11-9-18-14(20-15(11)23)12-3-2-8-26-12/h2-3,8-10H,4-7H2,1H3,(H,18,20,23). The van der Waals surface area contributed by atoms with Crippen LogP contribution in [0.3, 0.4) is 0 Å². The maximum Gasteiger partial charge on any atom is 0.264 e. The van der Waals surface area contributed by atoms with Crippen molar-refractivity contribution in [2.45, 2.75) is 25.2 Å². The molecule has 0 bridgehead atoms. The number of hydrogen-bond donors (Lipinski definition) is 1. The molecule has 1 aliphatic carbocycles. The Morgan fingerprint density at radius 1 is 1.46 bits per heavy atom. The molecule has 0 aromatic carbocycles. The lowest BCUT2D eigenvalue weighted by atomic mass is 10.2. The van der Waals surface area contributed by atoms with Crippen molar-refractivity contribution < 1.29 is 9.32 Å². The summed E-state index contributed by atoms with van der Waals surface area (Å²) in [5, 5.41) is 5.83. The molecule has 1 aliphatic rings. The smallest absolute Gasteiger partial charge is 0.264 e. The first-order valence-corrected chi connectivity index (χ1v) is 9.21. The number of carbonyl (C=O) groups excluding carboxylic acids is 1. The van der Waals surface area contributed by atoms with Gasteiger partial charge in [-0.2, -0.15) is 4.98 Å². The fourth-order valence-corrected chi connectivity index (χ4v) is 3.20. The molecule has 1 fully saturated rings. The van der Waals surface area contributed by atoms with Crippen LogP contribution in [0, 0.1) is 0 Å². The number of nitrogens with zero attached hydrogens (tertiary/aromatic N) is 4. The molecule has 0 saturated heterocycles. The van der Waals surface area contributed by atoms with Crippen molar-refractivity contribution in [2.24, 2.45) is 0 Å². The highest BCUT2D eigenvalue weighted by Crippen LogP contribution is 2.38. The molecular formula is C17H17N5O3S. The first-order chi connectivity index (χ1) is 12.6. The van der Waals surface area contributed by atoms with Crippen LogP contribution in [0.15, 0.2) is 33.0 Å². The molecule has 3 aromatic heterocycles. The second kappa shape index (κ2) is 6.83. The van der Waals surface area contributed by atoms with Gasteiger partial charge in [-0.15, -0.1) is 11.3 Å². The molecule has 1 amide bonds. The van der Waals surface area contributed by atoms with E-state index in [4.69, 9.17) is 4.52 Å². The van der Waals surface area contributed by atoms with Gasteiger partial charge in [0.05, 0.1) is 4.88 Å². The Balaban J connectivity index is 1.41. The first kappa shape index (κ1) is 16.6. The van der Waals surface area contributed by atoms with Gasteiger partial charge in [0.25, 0.3) is 11.5 Å². The van der Waals surface area contributed by atoms with Crippen molar-refractivity contribution in [1.29, 1.82) is 0 Å². The largest absolute Gasteiger partial charge is 0.341 e. The number of amides is 1. The van der Waals surface area contributed by atoms with Gasteiger partial charge in [-0.25, -0.2) is 4.98 Å². The molecule has 0 aliphatic heterocycles. The normalized spacial score (nSPS) is 13.7. The van der Waals surface area contributed by atoms with E-state index in [9.17, 15) is 9.59 Å². The van der Waals surface area contributed by atoms with E-state index in [-0.39, 0.29) is 11.5 Å². The number of nitrogens with one attached hydrogen (secondary N) is 1. The van der Waals surface area contributed by atoms with Crippen LogP contribution in [0.25, 0.3) is 10.7 Å². The summed E-state index contributed by atoms with van der Waals surface area (Å²) in [5.74, 6) is 1.73. The number of aromatic amines is 1. The predicted octanol–water partition coefficient (Wildman–Crippen LogP) is 2.07. The van der Waals surface area contributed by atoms with Crippen LogP contribution in [0.1, 0.15) is 40.8 Å². The average molecular weight is 371 g/mol. The zero-order valence-electron chi connectivity index (χ0n) is 14.1. The van der Waals surface area contributed by atoms with Gasteiger partial charge in [0.15, 0.2) is 5.82 Å². The number of H-pyrrole nitrogens is 1. The van der Waals surface area contributed by atoms with E-state index in [0.29, 0.717) is 36.4 Å². The predicted molar refractivity (Wildman–Crippen MR) is 95.1 cm³/mol. The third kappa shape index (κ3) is 3.43. The van der Waals surface area contributed by atoms with E-state index in [1.807, 2.05) is 17.5 Å². The van der Waals surface area contributed by atoms with E-state index >= 15 is 0 Å². The summed E-state index contributed by atoms with van der Waals surface area (Å²) in [7, 11) is 1.64. The van der Waals surface area contributed by atoms with E-state index in [2.05, 4.69) is 20.1 Å². The topological polar surface area (TPSA) is 105 Å². The molecule has 9 heteroatoms. The van der Waals surface area contributed by atoms with Crippen LogP contribution >= 0.6 is 11.3 Å². The van der Waals surface area contributed by atoms with Gasteiger partial charge < -0.3 is 14.4 Å². The molecule has 26 heavy (non-hydrogen) atoms. The molecule has 0 spiro atoms. The minimum atomic E-state index is -0.448. The third-order valence-electron chi connectivity index (χ3n) is 4.21. The summed E-state index contributed by atoms with van der Waals surface area (Å²) in [5.41, 5.74) is -0.435. The van der Waals surface area contributed by atoms with E-state index < -0.39 is 5.56 Å². The van der Waals surface area contributed by atoms with Crippen LogP contribution in [-0.2, 0) is 6.42 Å². The molecule has 1 saturated carbocycles. The monoisotopic (exact) mass is 371 g/mol. The summed E-state index contributed by atoms with van der Waals surface area (Å²) in [6.07, 6.45) is 3.98. The molecule has 3 heterocycles. The van der Waals surface area contributed by atoms with Crippen LogP contribution in [0.5, 0.6) is 0 Å². The molecule has 0 unspecified atom stereocenters.